The number of hydrogen-bond donors (Lipinski definition) is 2. The van der Waals surface area contributed by atoms with Crippen molar-refractivity contribution >= 4 is 11.9 Å². The van der Waals surface area contributed by atoms with Crippen LogP contribution in [0.1, 0.15) is 23.3 Å². The lowest BCUT2D eigenvalue weighted by Crippen LogP contribution is -2.50. The predicted octanol–water partition coefficient (Wildman–Crippen LogP) is 3.26. The summed E-state index contributed by atoms with van der Waals surface area (Å²) in [5.74, 6) is -1.02. The van der Waals surface area contributed by atoms with Crippen molar-refractivity contribution in [1.82, 2.24) is 10.3 Å². The molecule has 0 bridgehead atoms. The molecule has 0 saturated heterocycles. The fraction of sp³-hybridized carbons (Fsp3) is 0.350. The minimum Gasteiger partial charge on any atom is -0.495 e. The number of carbonyl (C=O) groups excluding carboxylic acids is 1. The molecular formula is C20H19F5N4O3. The highest BCUT2D eigenvalue weighted by molar-refractivity contribution is 5.93. The van der Waals surface area contributed by atoms with Crippen molar-refractivity contribution in [3.63, 3.8) is 0 Å². The molecule has 3 rings (SSSR count). The van der Waals surface area contributed by atoms with Gasteiger partial charge >= 0.3 is 6.18 Å². The summed E-state index contributed by atoms with van der Waals surface area (Å²) < 4.78 is 77.7. The van der Waals surface area contributed by atoms with Gasteiger partial charge in [0.15, 0.2) is 6.10 Å². The minimum atomic E-state index is -4.84. The number of allylic oxidation sites excluding steroid dienone is 4. The lowest BCUT2D eigenvalue weighted by molar-refractivity contribution is -0.207. The van der Waals surface area contributed by atoms with E-state index in [0.29, 0.717) is 5.75 Å². The molecule has 0 fully saturated rings. The Morgan fingerprint density at radius 2 is 2.12 bits per heavy atom. The molecule has 1 aliphatic carbocycles. The van der Waals surface area contributed by atoms with Gasteiger partial charge in [-0.15, -0.1) is 0 Å². The smallest absolute Gasteiger partial charge is 0.425 e. The number of amidine groups is 1. The molecule has 1 aromatic rings. The first-order valence-corrected chi connectivity index (χ1v) is 9.30. The fourth-order valence-electron chi connectivity index (χ4n) is 3.25. The second-order valence-electron chi connectivity index (χ2n) is 7.09. The third-order valence-corrected chi connectivity index (χ3v) is 4.89. The van der Waals surface area contributed by atoms with Crippen LogP contribution in [0.15, 0.2) is 58.6 Å². The van der Waals surface area contributed by atoms with E-state index in [1.807, 2.05) is 0 Å². The van der Waals surface area contributed by atoms with E-state index < -0.39 is 55.1 Å². The van der Waals surface area contributed by atoms with Crippen molar-refractivity contribution in [2.24, 2.45) is 10.7 Å². The number of aliphatic imine (C=N–C) groups is 1. The first-order valence-electron chi connectivity index (χ1n) is 9.30. The number of pyridine rings is 1. The molecule has 2 heterocycles. The maximum atomic E-state index is 14.3. The third kappa shape index (κ3) is 5.06. The van der Waals surface area contributed by atoms with Crippen LogP contribution in [0.25, 0.3) is 0 Å². The Hall–Kier alpha value is -3.44. The average molecular weight is 458 g/mol. The van der Waals surface area contributed by atoms with Gasteiger partial charge in [-0.25, -0.2) is 18.8 Å². The Morgan fingerprint density at radius 1 is 1.38 bits per heavy atom. The summed E-state index contributed by atoms with van der Waals surface area (Å²) in [6.07, 6.45) is -4.02. The van der Waals surface area contributed by atoms with Crippen LogP contribution in [0.2, 0.25) is 0 Å². The maximum absolute atomic E-state index is 14.3. The zero-order chi connectivity index (χ0) is 23.5. The molecule has 0 aromatic carbocycles. The Morgan fingerprint density at radius 3 is 2.72 bits per heavy atom. The molecule has 0 spiro atoms. The fourth-order valence-corrected chi connectivity index (χ4v) is 3.25. The molecule has 0 radical (unpaired) electrons. The van der Waals surface area contributed by atoms with E-state index >= 15 is 0 Å². The van der Waals surface area contributed by atoms with Gasteiger partial charge < -0.3 is 20.5 Å². The highest BCUT2D eigenvalue weighted by atomic mass is 19.4. The minimum absolute atomic E-state index is 0.000945. The molecule has 172 valence electrons. The standard InChI is InChI=1S/C20H19F5N4O3/c1-31-14-4-5-15(27-9-14)17(30)28-13-3-2-12(22)6-11(7-13)19(10-21)8-16(20(23,24)25)32-18(26)29-19/h2-5,7,9,16H,6,8,10H2,1H3,(H2,26,29)(H,28,30). The highest BCUT2D eigenvalue weighted by Gasteiger charge is 2.52. The van der Waals surface area contributed by atoms with E-state index in [2.05, 4.69) is 20.0 Å². The summed E-state index contributed by atoms with van der Waals surface area (Å²) in [7, 11) is 1.43. The number of ether oxygens (including phenoxy) is 2. The van der Waals surface area contributed by atoms with Crippen LogP contribution in [-0.4, -0.2) is 48.5 Å². The Kier molecular flexibility index (Phi) is 6.51. The van der Waals surface area contributed by atoms with Gasteiger partial charge in [-0.2, -0.15) is 13.2 Å². The molecule has 1 aliphatic heterocycles. The first kappa shape index (κ1) is 23.2. The number of aromatic nitrogens is 1. The summed E-state index contributed by atoms with van der Waals surface area (Å²) in [6, 6.07) is 2.02. The van der Waals surface area contributed by atoms with Crippen LogP contribution >= 0.6 is 0 Å². The van der Waals surface area contributed by atoms with Crippen molar-refractivity contribution in [3.05, 3.63) is 59.3 Å². The van der Waals surface area contributed by atoms with Crippen molar-refractivity contribution < 1.29 is 36.2 Å². The number of methoxy groups -OCH3 is 1. The number of alkyl halides is 4. The molecule has 12 heteroatoms. The van der Waals surface area contributed by atoms with E-state index in [4.69, 9.17) is 10.5 Å². The van der Waals surface area contributed by atoms with Gasteiger partial charge in [0, 0.05) is 18.5 Å². The van der Waals surface area contributed by atoms with Gasteiger partial charge in [-0.1, -0.05) is 0 Å². The van der Waals surface area contributed by atoms with E-state index in [-0.39, 0.29) is 17.0 Å². The Balaban J connectivity index is 1.93. The molecular weight excluding hydrogens is 439 g/mol. The molecule has 0 saturated carbocycles. The molecule has 32 heavy (non-hydrogen) atoms. The molecule has 2 unspecified atom stereocenters. The van der Waals surface area contributed by atoms with Gasteiger partial charge in [0.2, 0.25) is 0 Å². The number of halogens is 5. The van der Waals surface area contributed by atoms with Crippen molar-refractivity contribution in [1.29, 1.82) is 0 Å². The Bertz CT molecular complexity index is 1000. The first-order chi connectivity index (χ1) is 15.1. The predicted molar refractivity (Wildman–Crippen MR) is 104 cm³/mol. The second-order valence-corrected chi connectivity index (χ2v) is 7.09. The zero-order valence-corrected chi connectivity index (χ0v) is 16.7. The van der Waals surface area contributed by atoms with Gasteiger partial charge in [0.1, 0.15) is 29.5 Å². The SMILES string of the molecule is COc1ccc(C(=O)NC2=CC=C(F)CC(C3(CF)CC(C(F)(F)F)OC(N)=N3)=C2)nc1. The molecule has 1 amide bonds. The van der Waals surface area contributed by atoms with Crippen LogP contribution < -0.4 is 15.8 Å². The number of nitrogens with one attached hydrogen (secondary N) is 1. The van der Waals surface area contributed by atoms with E-state index in [0.717, 1.165) is 6.08 Å². The van der Waals surface area contributed by atoms with Crippen LogP contribution in [0.5, 0.6) is 5.75 Å². The van der Waals surface area contributed by atoms with Crippen LogP contribution in [-0.2, 0) is 4.74 Å². The van der Waals surface area contributed by atoms with Crippen molar-refractivity contribution in [2.45, 2.75) is 30.7 Å². The van der Waals surface area contributed by atoms with Gasteiger partial charge in [-0.3, -0.25) is 4.79 Å². The quantitative estimate of drug-likeness (QED) is 0.660. The van der Waals surface area contributed by atoms with Crippen molar-refractivity contribution in [3.8, 4) is 5.75 Å². The second kappa shape index (κ2) is 8.97. The lowest BCUT2D eigenvalue weighted by Gasteiger charge is -2.37. The summed E-state index contributed by atoms with van der Waals surface area (Å²) >= 11 is 0. The van der Waals surface area contributed by atoms with Gasteiger partial charge in [0.05, 0.1) is 13.3 Å². The molecule has 7 nitrogen and oxygen atoms in total. The zero-order valence-electron chi connectivity index (χ0n) is 16.7. The number of hydrogen-bond acceptors (Lipinski definition) is 6. The number of carbonyl (C=O) groups is 1. The lowest BCUT2D eigenvalue weighted by atomic mass is 9.82. The topological polar surface area (TPSA) is 98.8 Å². The summed E-state index contributed by atoms with van der Waals surface area (Å²) in [6.45, 7) is -1.38. The molecule has 2 atom stereocenters. The van der Waals surface area contributed by atoms with Crippen LogP contribution in [0.4, 0.5) is 22.0 Å². The number of nitrogens with zero attached hydrogens (tertiary/aromatic N) is 2. The average Bonchev–Trinajstić information content (AvgIpc) is 2.94. The third-order valence-electron chi connectivity index (χ3n) is 4.89. The van der Waals surface area contributed by atoms with E-state index in [9.17, 15) is 26.7 Å². The summed E-state index contributed by atoms with van der Waals surface area (Å²) in [5.41, 5.74) is 3.15. The normalized spacial score (nSPS) is 23.6. The highest BCUT2D eigenvalue weighted by Crippen LogP contribution is 2.41. The molecule has 1 aromatic heterocycles. The van der Waals surface area contributed by atoms with Crippen molar-refractivity contribution in [2.75, 3.05) is 13.8 Å². The molecule has 3 N–H and O–H groups in total. The van der Waals surface area contributed by atoms with E-state index in [1.165, 1.54) is 37.6 Å². The number of amides is 1. The molecule has 2 aliphatic rings. The van der Waals surface area contributed by atoms with Crippen LogP contribution in [0, 0.1) is 0 Å². The van der Waals surface area contributed by atoms with Gasteiger partial charge in [0.25, 0.3) is 11.9 Å². The summed E-state index contributed by atoms with van der Waals surface area (Å²) in [4.78, 5) is 20.2. The van der Waals surface area contributed by atoms with E-state index in [1.54, 1.807) is 0 Å². The monoisotopic (exact) mass is 458 g/mol. The Labute approximate surface area is 179 Å². The largest absolute Gasteiger partial charge is 0.495 e. The number of nitrogens with two attached hydrogens (primary N) is 1. The number of rotatable bonds is 5. The van der Waals surface area contributed by atoms with Gasteiger partial charge in [-0.05, 0) is 35.9 Å². The maximum Gasteiger partial charge on any atom is 0.425 e. The van der Waals surface area contributed by atoms with Crippen LogP contribution in [0.3, 0.4) is 0 Å². The summed E-state index contributed by atoms with van der Waals surface area (Å²) in [5, 5.41) is 2.47.